The summed E-state index contributed by atoms with van der Waals surface area (Å²) >= 11 is 0. The summed E-state index contributed by atoms with van der Waals surface area (Å²) in [6.07, 6.45) is 4.28. The molecule has 0 unspecified atom stereocenters. The summed E-state index contributed by atoms with van der Waals surface area (Å²) < 4.78 is 7.11. The minimum atomic E-state index is 0.143. The SMILES string of the molecule is CCCCN(CCCC)C(=O)Cn1nc(C)c2ccc(OC)cc21. The van der Waals surface area contributed by atoms with Gasteiger partial charge in [-0.25, -0.2) is 0 Å². The molecule has 0 saturated carbocycles. The first-order chi connectivity index (χ1) is 11.6. The molecule has 2 aromatic rings. The molecule has 1 amide bonds. The second-order valence-corrected chi connectivity index (χ2v) is 6.21. The van der Waals surface area contributed by atoms with Gasteiger partial charge in [0.15, 0.2) is 0 Å². The smallest absolute Gasteiger partial charge is 0.244 e. The normalized spacial score (nSPS) is 11.0. The lowest BCUT2D eigenvalue weighted by atomic mass is 10.2. The van der Waals surface area contributed by atoms with Crippen LogP contribution < -0.4 is 4.74 Å². The molecule has 0 radical (unpaired) electrons. The first-order valence-electron chi connectivity index (χ1n) is 8.89. The number of aromatic nitrogens is 2. The van der Waals surface area contributed by atoms with Crippen LogP contribution in [0.25, 0.3) is 10.9 Å². The van der Waals surface area contributed by atoms with Crippen LogP contribution in [0.5, 0.6) is 5.75 Å². The van der Waals surface area contributed by atoms with Gasteiger partial charge in [0.25, 0.3) is 0 Å². The fourth-order valence-corrected chi connectivity index (χ4v) is 2.85. The van der Waals surface area contributed by atoms with Gasteiger partial charge in [0.2, 0.25) is 5.91 Å². The Morgan fingerprint density at radius 1 is 1.21 bits per heavy atom. The molecule has 132 valence electrons. The third-order valence-electron chi connectivity index (χ3n) is 4.34. The van der Waals surface area contributed by atoms with Crippen molar-refractivity contribution in [3.63, 3.8) is 0 Å². The number of hydrogen-bond donors (Lipinski definition) is 0. The van der Waals surface area contributed by atoms with Crippen LogP contribution in [0.3, 0.4) is 0 Å². The van der Waals surface area contributed by atoms with Crippen LogP contribution in [0.2, 0.25) is 0 Å². The zero-order valence-corrected chi connectivity index (χ0v) is 15.3. The summed E-state index contributed by atoms with van der Waals surface area (Å²) in [6, 6.07) is 5.88. The van der Waals surface area contributed by atoms with E-state index < -0.39 is 0 Å². The minimum absolute atomic E-state index is 0.143. The molecule has 0 bridgehead atoms. The van der Waals surface area contributed by atoms with Gasteiger partial charge in [-0.2, -0.15) is 5.10 Å². The Morgan fingerprint density at radius 3 is 2.46 bits per heavy atom. The van der Waals surface area contributed by atoms with Crippen molar-refractivity contribution in [1.29, 1.82) is 0 Å². The standard InChI is InChI=1S/C19H29N3O2/c1-5-7-11-21(12-8-6-2)19(23)14-22-18-13-16(24-4)9-10-17(18)15(3)20-22/h9-10,13H,5-8,11-12,14H2,1-4H3. The molecule has 1 aromatic heterocycles. The van der Waals surface area contributed by atoms with E-state index in [0.29, 0.717) is 0 Å². The molecule has 0 spiro atoms. The van der Waals surface area contributed by atoms with Gasteiger partial charge in [-0.15, -0.1) is 0 Å². The van der Waals surface area contributed by atoms with Crippen LogP contribution in [-0.4, -0.2) is 40.8 Å². The molecule has 0 aliphatic heterocycles. The van der Waals surface area contributed by atoms with Gasteiger partial charge in [0.1, 0.15) is 12.3 Å². The van der Waals surface area contributed by atoms with Crippen molar-refractivity contribution in [3.8, 4) is 5.75 Å². The van der Waals surface area contributed by atoms with E-state index in [2.05, 4.69) is 18.9 Å². The second kappa shape index (κ2) is 8.71. The average Bonchev–Trinajstić information content (AvgIpc) is 2.90. The number of aryl methyl sites for hydroxylation is 1. The molecular formula is C19H29N3O2. The topological polar surface area (TPSA) is 47.4 Å². The Hall–Kier alpha value is -2.04. The lowest BCUT2D eigenvalue weighted by molar-refractivity contribution is -0.132. The first kappa shape index (κ1) is 18.3. The molecule has 1 heterocycles. The van der Waals surface area contributed by atoms with E-state index in [4.69, 9.17) is 4.74 Å². The molecule has 0 N–H and O–H groups in total. The number of amides is 1. The lowest BCUT2D eigenvalue weighted by Crippen LogP contribution is -2.35. The molecule has 0 fully saturated rings. The highest BCUT2D eigenvalue weighted by molar-refractivity contribution is 5.85. The van der Waals surface area contributed by atoms with Gasteiger partial charge in [0, 0.05) is 24.5 Å². The van der Waals surface area contributed by atoms with E-state index in [1.807, 2.05) is 30.0 Å². The van der Waals surface area contributed by atoms with E-state index in [-0.39, 0.29) is 12.5 Å². The molecule has 0 aliphatic rings. The monoisotopic (exact) mass is 331 g/mol. The van der Waals surface area contributed by atoms with Crippen LogP contribution in [0.15, 0.2) is 18.2 Å². The van der Waals surface area contributed by atoms with Gasteiger partial charge >= 0.3 is 0 Å². The largest absolute Gasteiger partial charge is 0.497 e. The summed E-state index contributed by atoms with van der Waals surface area (Å²) in [5.74, 6) is 0.925. The average molecular weight is 331 g/mol. The van der Waals surface area contributed by atoms with Gasteiger partial charge < -0.3 is 9.64 Å². The predicted molar refractivity (Wildman–Crippen MR) is 97.4 cm³/mol. The van der Waals surface area contributed by atoms with Crippen LogP contribution >= 0.6 is 0 Å². The highest BCUT2D eigenvalue weighted by atomic mass is 16.5. The van der Waals surface area contributed by atoms with Gasteiger partial charge in [0.05, 0.1) is 18.3 Å². The van der Waals surface area contributed by atoms with Crippen molar-refractivity contribution >= 4 is 16.8 Å². The third kappa shape index (κ3) is 4.28. The zero-order valence-electron chi connectivity index (χ0n) is 15.3. The number of carbonyl (C=O) groups is 1. The predicted octanol–water partition coefficient (Wildman–Crippen LogP) is 3.78. The Morgan fingerprint density at radius 2 is 1.88 bits per heavy atom. The highest BCUT2D eigenvalue weighted by Gasteiger charge is 2.16. The molecule has 2 rings (SSSR count). The van der Waals surface area contributed by atoms with Gasteiger partial charge in [-0.1, -0.05) is 26.7 Å². The Balaban J connectivity index is 2.21. The van der Waals surface area contributed by atoms with Crippen LogP contribution in [-0.2, 0) is 11.3 Å². The molecular weight excluding hydrogens is 302 g/mol. The number of fused-ring (bicyclic) bond motifs is 1. The molecule has 0 saturated heterocycles. The van der Waals surface area contributed by atoms with E-state index >= 15 is 0 Å². The quantitative estimate of drug-likeness (QED) is 0.702. The zero-order chi connectivity index (χ0) is 17.5. The Kier molecular flexibility index (Phi) is 6.64. The van der Waals surface area contributed by atoms with Crippen LogP contribution in [0, 0.1) is 6.92 Å². The van der Waals surface area contributed by atoms with Crippen molar-refractivity contribution in [2.45, 2.75) is 53.0 Å². The van der Waals surface area contributed by atoms with Gasteiger partial charge in [-0.05, 0) is 31.9 Å². The van der Waals surface area contributed by atoms with Crippen molar-refractivity contribution in [1.82, 2.24) is 14.7 Å². The van der Waals surface area contributed by atoms with Crippen LogP contribution in [0.1, 0.15) is 45.2 Å². The van der Waals surface area contributed by atoms with E-state index in [1.165, 1.54) is 0 Å². The lowest BCUT2D eigenvalue weighted by Gasteiger charge is -2.22. The third-order valence-corrected chi connectivity index (χ3v) is 4.34. The van der Waals surface area contributed by atoms with Crippen LogP contribution in [0.4, 0.5) is 0 Å². The number of benzene rings is 1. The number of ether oxygens (including phenoxy) is 1. The minimum Gasteiger partial charge on any atom is -0.497 e. The molecule has 5 nitrogen and oxygen atoms in total. The molecule has 5 heteroatoms. The Labute approximate surface area is 144 Å². The van der Waals surface area contributed by atoms with Crippen molar-refractivity contribution in [3.05, 3.63) is 23.9 Å². The number of rotatable bonds is 9. The Bertz CT molecular complexity index is 671. The summed E-state index contributed by atoms with van der Waals surface area (Å²) in [5, 5.41) is 5.63. The highest BCUT2D eigenvalue weighted by Crippen LogP contribution is 2.23. The number of carbonyl (C=O) groups excluding carboxylic acids is 1. The maximum absolute atomic E-state index is 12.8. The van der Waals surface area contributed by atoms with E-state index in [1.54, 1.807) is 11.8 Å². The summed E-state index contributed by atoms with van der Waals surface area (Å²) in [4.78, 5) is 14.7. The fraction of sp³-hybridized carbons (Fsp3) is 0.579. The number of hydrogen-bond acceptors (Lipinski definition) is 3. The fourth-order valence-electron chi connectivity index (χ4n) is 2.85. The maximum atomic E-state index is 12.8. The summed E-state index contributed by atoms with van der Waals surface area (Å²) in [5.41, 5.74) is 1.89. The van der Waals surface area contributed by atoms with Crippen molar-refractivity contribution in [2.75, 3.05) is 20.2 Å². The number of methoxy groups -OCH3 is 1. The molecule has 0 atom stereocenters. The molecule has 24 heavy (non-hydrogen) atoms. The van der Waals surface area contributed by atoms with Crippen molar-refractivity contribution in [2.24, 2.45) is 0 Å². The summed E-state index contributed by atoms with van der Waals surface area (Å²) in [6.45, 7) is 8.22. The maximum Gasteiger partial charge on any atom is 0.244 e. The summed E-state index contributed by atoms with van der Waals surface area (Å²) in [7, 11) is 1.65. The molecule has 0 aliphatic carbocycles. The van der Waals surface area contributed by atoms with Crippen molar-refractivity contribution < 1.29 is 9.53 Å². The van der Waals surface area contributed by atoms with E-state index in [9.17, 15) is 4.79 Å². The second-order valence-electron chi connectivity index (χ2n) is 6.21. The first-order valence-corrected chi connectivity index (χ1v) is 8.89. The number of nitrogens with zero attached hydrogens (tertiary/aromatic N) is 3. The van der Waals surface area contributed by atoms with E-state index in [0.717, 1.165) is 61.1 Å². The molecule has 1 aromatic carbocycles. The van der Waals surface area contributed by atoms with Gasteiger partial charge in [-0.3, -0.25) is 9.48 Å². The number of unbranched alkanes of at least 4 members (excludes halogenated alkanes) is 2.